The van der Waals surface area contributed by atoms with E-state index in [1.165, 1.54) is 6.08 Å². The van der Waals surface area contributed by atoms with Crippen molar-refractivity contribution >= 4 is 0 Å². The van der Waals surface area contributed by atoms with Gasteiger partial charge in [0.25, 0.3) is 0 Å². The molecule has 0 saturated heterocycles. The molecule has 0 aliphatic carbocycles. The Labute approximate surface area is 106 Å². The number of allylic oxidation sites excluding steroid dienone is 1. The smallest absolute Gasteiger partial charge is 0.245 e. The SMILES string of the molecule is C=C[CH2-].[K+].c1ccccc1. The van der Waals surface area contributed by atoms with Gasteiger partial charge < -0.3 is 0 Å². The maximum Gasteiger partial charge on any atom is 1.00 e. The molecule has 1 rings (SSSR count). The fraction of sp³-hybridized carbons (Fsp3) is 0. The second kappa shape index (κ2) is 12.2. The van der Waals surface area contributed by atoms with Crippen LogP contribution in [-0.4, -0.2) is 0 Å². The van der Waals surface area contributed by atoms with Crippen LogP contribution in [-0.2, 0) is 0 Å². The van der Waals surface area contributed by atoms with E-state index in [2.05, 4.69) is 13.5 Å². The minimum Gasteiger partial charge on any atom is -0.245 e. The van der Waals surface area contributed by atoms with Crippen LogP contribution in [0.2, 0.25) is 0 Å². The summed E-state index contributed by atoms with van der Waals surface area (Å²) in [6.45, 7) is 6.50. The summed E-state index contributed by atoms with van der Waals surface area (Å²) < 4.78 is 0. The largest absolute Gasteiger partial charge is 1.00 e. The van der Waals surface area contributed by atoms with Gasteiger partial charge in [0.15, 0.2) is 0 Å². The zero-order valence-corrected chi connectivity index (χ0v) is 9.58. The van der Waals surface area contributed by atoms with Crippen molar-refractivity contribution in [3.8, 4) is 0 Å². The Morgan fingerprint density at radius 1 is 0.900 bits per heavy atom. The molecule has 1 aromatic rings. The summed E-state index contributed by atoms with van der Waals surface area (Å²) in [4.78, 5) is 0. The molecular formula is C9H11K. The molecule has 0 N–H and O–H groups in total. The van der Waals surface area contributed by atoms with E-state index in [0.717, 1.165) is 0 Å². The minimum absolute atomic E-state index is 0. The summed E-state index contributed by atoms with van der Waals surface area (Å²) in [5.74, 6) is 0. The van der Waals surface area contributed by atoms with E-state index in [0.29, 0.717) is 0 Å². The van der Waals surface area contributed by atoms with Crippen LogP contribution in [0.1, 0.15) is 0 Å². The Hall–Kier alpha value is 0.466. The van der Waals surface area contributed by atoms with Crippen LogP contribution >= 0.6 is 0 Å². The first-order chi connectivity index (χ1) is 4.41. The van der Waals surface area contributed by atoms with E-state index in [-0.39, 0.29) is 51.4 Å². The summed E-state index contributed by atoms with van der Waals surface area (Å²) in [5.41, 5.74) is 0. The van der Waals surface area contributed by atoms with Crippen molar-refractivity contribution in [1.82, 2.24) is 0 Å². The van der Waals surface area contributed by atoms with Crippen molar-refractivity contribution in [1.29, 1.82) is 0 Å². The third-order valence-corrected chi connectivity index (χ3v) is 0.667. The zero-order chi connectivity index (χ0) is 6.95. The van der Waals surface area contributed by atoms with Crippen LogP contribution in [0.4, 0.5) is 0 Å². The van der Waals surface area contributed by atoms with Gasteiger partial charge in [-0.2, -0.15) is 0 Å². The molecule has 0 atom stereocenters. The molecule has 10 heavy (non-hydrogen) atoms. The Morgan fingerprint density at radius 2 is 1.00 bits per heavy atom. The molecule has 0 unspecified atom stereocenters. The predicted molar refractivity (Wildman–Crippen MR) is 42.0 cm³/mol. The molecular weight excluding hydrogens is 147 g/mol. The zero-order valence-electron chi connectivity index (χ0n) is 6.46. The fourth-order valence-corrected chi connectivity index (χ4v) is 0.385. The van der Waals surface area contributed by atoms with Gasteiger partial charge in [-0.1, -0.05) is 36.4 Å². The molecule has 0 radical (unpaired) electrons. The van der Waals surface area contributed by atoms with Crippen LogP contribution in [0.3, 0.4) is 0 Å². The van der Waals surface area contributed by atoms with Crippen molar-refractivity contribution in [2.75, 3.05) is 0 Å². The molecule has 0 saturated carbocycles. The molecule has 0 aliphatic heterocycles. The Morgan fingerprint density at radius 3 is 1.10 bits per heavy atom. The van der Waals surface area contributed by atoms with Gasteiger partial charge in [0, 0.05) is 0 Å². The summed E-state index contributed by atoms with van der Waals surface area (Å²) in [6.07, 6.45) is 1.50. The Bertz CT molecular complexity index is 108. The molecule has 0 bridgehead atoms. The van der Waals surface area contributed by atoms with Gasteiger partial charge in [0.1, 0.15) is 0 Å². The topological polar surface area (TPSA) is 0 Å². The average Bonchev–Trinajstić information content (AvgIpc) is 1.93. The van der Waals surface area contributed by atoms with Crippen LogP contribution < -0.4 is 51.4 Å². The molecule has 0 fully saturated rings. The van der Waals surface area contributed by atoms with Gasteiger partial charge in [-0.05, 0) is 0 Å². The molecule has 0 spiro atoms. The predicted octanol–water partition coefficient (Wildman–Crippen LogP) is -0.303. The van der Waals surface area contributed by atoms with Crippen molar-refractivity contribution in [3.63, 3.8) is 0 Å². The van der Waals surface area contributed by atoms with E-state index in [1.807, 2.05) is 36.4 Å². The van der Waals surface area contributed by atoms with Gasteiger partial charge in [-0.3, -0.25) is 0 Å². The number of rotatable bonds is 0. The van der Waals surface area contributed by atoms with E-state index >= 15 is 0 Å². The number of hydrogen-bond acceptors (Lipinski definition) is 0. The number of hydrogen-bond donors (Lipinski definition) is 0. The van der Waals surface area contributed by atoms with Gasteiger partial charge in [-0.25, -0.2) is 19.6 Å². The molecule has 1 heteroatoms. The third-order valence-electron chi connectivity index (χ3n) is 0.667. The molecule has 1 aromatic carbocycles. The van der Waals surface area contributed by atoms with Crippen molar-refractivity contribution in [2.45, 2.75) is 0 Å². The fourth-order valence-electron chi connectivity index (χ4n) is 0.385. The normalized spacial score (nSPS) is 6.00. The molecule has 0 aliphatic rings. The molecule has 0 nitrogen and oxygen atoms in total. The van der Waals surface area contributed by atoms with E-state index in [1.54, 1.807) is 0 Å². The quantitative estimate of drug-likeness (QED) is 0.359. The van der Waals surface area contributed by atoms with Crippen LogP contribution in [0.5, 0.6) is 0 Å². The van der Waals surface area contributed by atoms with Crippen molar-refractivity contribution in [2.24, 2.45) is 0 Å². The maximum atomic E-state index is 3.25. The van der Waals surface area contributed by atoms with Gasteiger partial charge >= 0.3 is 51.4 Å². The summed E-state index contributed by atoms with van der Waals surface area (Å²) in [5, 5.41) is 0. The van der Waals surface area contributed by atoms with Crippen molar-refractivity contribution < 1.29 is 51.4 Å². The Balaban J connectivity index is 0. The van der Waals surface area contributed by atoms with E-state index in [4.69, 9.17) is 0 Å². The second-order valence-electron chi connectivity index (χ2n) is 1.44. The van der Waals surface area contributed by atoms with Crippen LogP contribution in [0.15, 0.2) is 49.1 Å². The van der Waals surface area contributed by atoms with Gasteiger partial charge in [0.2, 0.25) is 0 Å². The van der Waals surface area contributed by atoms with Gasteiger partial charge in [-0.15, -0.1) is 0 Å². The van der Waals surface area contributed by atoms with E-state index in [9.17, 15) is 0 Å². The first kappa shape index (κ1) is 13.1. The second-order valence-corrected chi connectivity index (χ2v) is 1.44. The first-order valence-corrected chi connectivity index (χ1v) is 2.82. The summed E-state index contributed by atoms with van der Waals surface area (Å²) in [7, 11) is 0. The van der Waals surface area contributed by atoms with Crippen molar-refractivity contribution in [3.05, 3.63) is 56.0 Å². The monoisotopic (exact) mass is 158 g/mol. The molecule has 0 aromatic heterocycles. The summed E-state index contributed by atoms with van der Waals surface area (Å²) in [6, 6.07) is 12.0. The molecule has 0 heterocycles. The third kappa shape index (κ3) is 11.3. The first-order valence-electron chi connectivity index (χ1n) is 2.82. The molecule has 48 valence electrons. The van der Waals surface area contributed by atoms with Crippen LogP contribution in [0, 0.1) is 6.92 Å². The van der Waals surface area contributed by atoms with Crippen LogP contribution in [0.25, 0.3) is 0 Å². The summed E-state index contributed by atoms with van der Waals surface area (Å²) >= 11 is 0. The number of benzene rings is 1. The Kier molecular flexibility index (Phi) is 15.9. The van der Waals surface area contributed by atoms with E-state index < -0.39 is 0 Å². The maximum absolute atomic E-state index is 3.25. The van der Waals surface area contributed by atoms with Gasteiger partial charge in [0.05, 0.1) is 0 Å². The standard InChI is InChI=1S/C6H6.C3H5.K/c1-2-4-6-5-3-1;1-3-2;/h1-6H;3H,1-2H2;/q;-1;+1. The minimum atomic E-state index is 0. The molecule has 0 amide bonds. The average molecular weight is 158 g/mol.